The first-order valence-electron chi connectivity index (χ1n) is 0. The predicted octanol–water partition coefficient (Wildman–Crippen LogP) is -3.56. The van der Waals surface area contributed by atoms with E-state index in [1.165, 1.54) is 0 Å². The van der Waals surface area contributed by atoms with Crippen molar-refractivity contribution in [1.82, 2.24) is 0 Å². The zero-order chi connectivity index (χ0) is 0. The molecule has 0 saturated heterocycles. The topological polar surface area (TPSA) is 0 Å². The van der Waals surface area contributed by atoms with Gasteiger partial charge in [0, 0.05) is 38.9 Å². The molecule has 0 unspecified atom stereocenters. The predicted molar refractivity (Wildman–Crippen MR) is 29.8 cm³/mol. The van der Waals surface area contributed by atoms with Gasteiger partial charge >= 0.3 is 67.7 Å². The Morgan fingerprint density at radius 3 is 1.00 bits per heavy atom. The summed E-state index contributed by atoms with van der Waals surface area (Å²) in [5.41, 5.74) is 0. The van der Waals surface area contributed by atoms with Crippen LogP contribution in [0.2, 0.25) is 0 Å². The maximum absolute atomic E-state index is 0. The van der Waals surface area contributed by atoms with E-state index in [4.69, 9.17) is 0 Å². The van der Waals surface area contributed by atoms with E-state index in [-0.39, 0.29) is 107 Å². The van der Waals surface area contributed by atoms with Crippen LogP contribution in [0.25, 0.3) is 0 Å². The fraction of sp³-hybridized carbons (Fsp3) is 0. The Bertz CT molecular complexity index is 11.6. The normalized spacial score (nSPS) is 0. The fourth-order valence-corrected chi connectivity index (χ4v) is 0. The summed E-state index contributed by atoms with van der Waals surface area (Å²) < 4.78 is 0. The second-order valence-electron chi connectivity index (χ2n) is 0. The second-order valence-corrected chi connectivity index (χ2v) is 0. The third-order valence-corrected chi connectivity index (χ3v) is 0. The molecule has 0 atom stereocenters. The molecule has 3 radical (unpaired) electrons. The Labute approximate surface area is 104 Å². The van der Waals surface area contributed by atoms with E-state index in [9.17, 15) is 0 Å². The Morgan fingerprint density at radius 1 is 1.00 bits per heavy atom. The van der Waals surface area contributed by atoms with Crippen LogP contribution in [0.1, 0.15) is 0 Å². The Morgan fingerprint density at radius 2 is 1.00 bits per heavy atom. The van der Waals surface area contributed by atoms with Crippen LogP contribution in [-0.2, 0) is 38.9 Å². The fourth-order valence-electron chi connectivity index (χ4n) is 0. The van der Waals surface area contributed by atoms with Gasteiger partial charge in [-0.2, -0.15) is 0 Å². The molecular formula is H9AgBiGeNiSn. The van der Waals surface area contributed by atoms with Crippen LogP contribution in [0.15, 0.2) is 0 Å². The average Bonchev–Trinajstić information content (AvgIpc) is 0. The molecule has 0 aliphatic carbocycles. The van der Waals surface area contributed by atoms with Crippen molar-refractivity contribution >= 4 is 67.7 Å². The summed E-state index contributed by atoms with van der Waals surface area (Å²) in [5.74, 6) is 0. The van der Waals surface area contributed by atoms with Crippen molar-refractivity contribution in [3.05, 3.63) is 0 Å². The van der Waals surface area contributed by atoms with E-state index in [2.05, 4.69) is 0 Å². The van der Waals surface area contributed by atoms with Crippen molar-refractivity contribution in [2.24, 2.45) is 0 Å². The standard InChI is InChI=1S/Ag.Bi.GeH4.Ni.Sn.5H/h;;1H4;;;;;;;. The monoisotopic (exact) mass is 577 g/mol. The molecular weight excluding hydrogens is 567 g/mol. The van der Waals surface area contributed by atoms with E-state index < -0.39 is 0 Å². The minimum atomic E-state index is 0. The van der Waals surface area contributed by atoms with Gasteiger partial charge in [-0.15, -0.1) is 0 Å². The zero-order valence-corrected chi connectivity index (χ0v) is 14.0. The maximum atomic E-state index is 0. The molecule has 0 aromatic carbocycles. The van der Waals surface area contributed by atoms with Crippen molar-refractivity contribution in [2.75, 3.05) is 0 Å². The molecule has 0 aliphatic rings. The summed E-state index contributed by atoms with van der Waals surface area (Å²) >= 11 is 0. The van der Waals surface area contributed by atoms with Crippen LogP contribution in [-0.4, -0.2) is 67.7 Å². The van der Waals surface area contributed by atoms with Crippen LogP contribution >= 0.6 is 0 Å². The van der Waals surface area contributed by atoms with Crippen molar-refractivity contribution in [1.29, 1.82) is 0 Å². The zero-order valence-electron chi connectivity index (χ0n) is 2.03. The molecule has 0 rings (SSSR count). The molecule has 5 heteroatoms. The van der Waals surface area contributed by atoms with E-state index in [1.807, 2.05) is 0 Å². The number of rotatable bonds is 0. The van der Waals surface area contributed by atoms with E-state index in [0.29, 0.717) is 0 Å². The Kier molecular flexibility index (Phi) is 205. The molecule has 5 heavy (non-hydrogen) atoms. The van der Waals surface area contributed by atoms with Crippen LogP contribution in [0.3, 0.4) is 0 Å². The van der Waals surface area contributed by atoms with Crippen LogP contribution in [0.4, 0.5) is 0 Å². The van der Waals surface area contributed by atoms with Gasteiger partial charge in [-0.05, 0) is 0 Å². The number of hydrogen-bond acceptors (Lipinski definition) is 0. The summed E-state index contributed by atoms with van der Waals surface area (Å²) in [6.45, 7) is 0. The van der Waals surface area contributed by atoms with Gasteiger partial charge in [-0.1, -0.05) is 0 Å². The summed E-state index contributed by atoms with van der Waals surface area (Å²) in [4.78, 5) is 0. The minimum absolute atomic E-state index is 0. The van der Waals surface area contributed by atoms with E-state index in [0.717, 1.165) is 0 Å². The third kappa shape index (κ3) is 18.6. The summed E-state index contributed by atoms with van der Waals surface area (Å²) in [7, 11) is 0. The molecule has 0 aromatic heterocycles. The first-order valence-corrected chi connectivity index (χ1v) is 0. The Balaban J connectivity index is 0. The molecule has 43 valence electrons. The third-order valence-electron chi connectivity index (χ3n) is 0. The van der Waals surface area contributed by atoms with Gasteiger partial charge < -0.3 is 0 Å². The first-order chi connectivity index (χ1) is 0. The van der Waals surface area contributed by atoms with Gasteiger partial charge in [0.15, 0.2) is 0 Å². The molecule has 0 N–H and O–H groups in total. The van der Waals surface area contributed by atoms with Crippen LogP contribution in [0, 0.1) is 0 Å². The van der Waals surface area contributed by atoms with Gasteiger partial charge in [0.05, 0.1) is 0 Å². The van der Waals surface area contributed by atoms with Gasteiger partial charge in [-0.3, -0.25) is 0 Å². The van der Waals surface area contributed by atoms with Gasteiger partial charge in [0.2, 0.25) is 0 Å². The quantitative estimate of drug-likeness (QED) is 0.263. The van der Waals surface area contributed by atoms with Crippen molar-refractivity contribution in [3.8, 4) is 0 Å². The summed E-state index contributed by atoms with van der Waals surface area (Å²) in [6.07, 6.45) is 0. The molecule has 0 bridgehead atoms. The molecule has 0 aromatic rings. The number of hydrogen-bond donors (Lipinski definition) is 0. The van der Waals surface area contributed by atoms with E-state index in [1.54, 1.807) is 0 Å². The molecule has 0 spiro atoms. The molecule has 0 heterocycles. The molecule has 0 nitrogen and oxygen atoms in total. The van der Waals surface area contributed by atoms with Crippen LogP contribution in [0.5, 0.6) is 0 Å². The van der Waals surface area contributed by atoms with Crippen molar-refractivity contribution < 1.29 is 38.9 Å². The molecule has 0 aliphatic heterocycles. The van der Waals surface area contributed by atoms with E-state index >= 15 is 0 Å². The molecule has 0 saturated carbocycles. The second kappa shape index (κ2) is 26.0. The van der Waals surface area contributed by atoms with Crippen LogP contribution < -0.4 is 0 Å². The van der Waals surface area contributed by atoms with Gasteiger partial charge in [-0.25, -0.2) is 0 Å². The average molecular weight is 576 g/mol. The Hall–Kier alpha value is 3.46. The molecule has 0 amide bonds. The molecule has 0 fully saturated rings. The first kappa shape index (κ1) is 39.3. The van der Waals surface area contributed by atoms with Gasteiger partial charge in [0.1, 0.15) is 0 Å². The summed E-state index contributed by atoms with van der Waals surface area (Å²) in [5, 5.41) is 0. The van der Waals surface area contributed by atoms with Gasteiger partial charge in [0.25, 0.3) is 0 Å². The summed E-state index contributed by atoms with van der Waals surface area (Å²) in [6, 6.07) is 0. The SMILES string of the molecule is [Ag].[BiH3].[GeH4].[Ni].[SnH2]. The van der Waals surface area contributed by atoms with Crippen molar-refractivity contribution in [2.45, 2.75) is 0 Å². The van der Waals surface area contributed by atoms with Crippen molar-refractivity contribution in [3.63, 3.8) is 0 Å².